The Hall–Kier alpha value is -2.37. The number of ether oxygens (including phenoxy) is 1. The second-order valence-electron chi connectivity index (χ2n) is 8.34. The van der Waals surface area contributed by atoms with Crippen molar-refractivity contribution in [3.8, 4) is 11.1 Å². The van der Waals surface area contributed by atoms with E-state index in [-0.39, 0.29) is 12.5 Å². The van der Waals surface area contributed by atoms with Gasteiger partial charge >= 0.3 is 6.09 Å². The molecule has 2 aromatic carbocycles. The van der Waals surface area contributed by atoms with Gasteiger partial charge < -0.3 is 20.1 Å². The first-order valence-electron chi connectivity index (χ1n) is 10.6. The normalized spacial score (nSPS) is 18.1. The molecule has 0 saturated carbocycles. The Kier molecular flexibility index (Phi) is 6.16. The van der Waals surface area contributed by atoms with Gasteiger partial charge in [-0.3, -0.25) is 0 Å². The van der Waals surface area contributed by atoms with Gasteiger partial charge in [-0.2, -0.15) is 0 Å². The molecular formula is C24H30N2O3. The highest BCUT2D eigenvalue weighted by Gasteiger charge is 2.29. The Labute approximate surface area is 172 Å². The molecule has 1 aliphatic heterocycles. The molecule has 2 aliphatic rings. The van der Waals surface area contributed by atoms with Crippen LogP contribution < -0.4 is 5.32 Å². The standard InChI is InChI=1S/C24H30N2O3/c1-17-10-12-26(13-11-17)15-18(27)14-25-24(28)29-16-23-21-8-4-2-6-19(21)20-7-3-5-9-22(20)23/h2-9,17-18,23,27H,10-16H2,1H3,(H,25,28). The van der Waals surface area contributed by atoms with Crippen LogP contribution in [-0.2, 0) is 4.74 Å². The van der Waals surface area contributed by atoms with Gasteiger partial charge in [0.15, 0.2) is 0 Å². The van der Waals surface area contributed by atoms with E-state index in [0.29, 0.717) is 13.2 Å². The van der Waals surface area contributed by atoms with Crippen LogP contribution in [-0.4, -0.2) is 55.0 Å². The topological polar surface area (TPSA) is 61.8 Å². The molecule has 2 aromatic rings. The summed E-state index contributed by atoms with van der Waals surface area (Å²) in [5.74, 6) is 0.816. The number of aliphatic hydroxyl groups is 1. The third kappa shape index (κ3) is 4.62. The highest BCUT2D eigenvalue weighted by atomic mass is 16.5. The molecule has 1 aliphatic carbocycles. The van der Waals surface area contributed by atoms with Crippen molar-refractivity contribution in [1.29, 1.82) is 0 Å². The van der Waals surface area contributed by atoms with Crippen molar-refractivity contribution in [1.82, 2.24) is 10.2 Å². The molecule has 4 rings (SSSR count). The lowest BCUT2D eigenvalue weighted by atomic mass is 9.98. The van der Waals surface area contributed by atoms with Gasteiger partial charge in [0.25, 0.3) is 0 Å². The van der Waals surface area contributed by atoms with Crippen LogP contribution in [0.15, 0.2) is 48.5 Å². The lowest BCUT2D eigenvalue weighted by Gasteiger charge is -2.31. The van der Waals surface area contributed by atoms with Gasteiger partial charge in [0.05, 0.1) is 6.10 Å². The summed E-state index contributed by atoms with van der Waals surface area (Å²) in [6, 6.07) is 16.6. The Morgan fingerprint density at radius 2 is 1.69 bits per heavy atom. The van der Waals surface area contributed by atoms with Crippen LogP contribution in [0, 0.1) is 5.92 Å². The second-order valence-corrected chi connectivity index (χ2v) is 8.34. The highest BCUT2D eigenvalue weighted by Crippen LogP contribution is 2.44. The molecule has 0 aromatic heterocycles. The molecule has 5 nitrogen and oxygen atoms in total. The lowest BCUT2D eigenvalue weighted by Crippen LogP contribution is -2.43. The summed E-state index contributed by atoms with van der Waals surface area (Å²) in [6.07, 6.45) is 1.29. The van der Waals surface area contributed by atoms with Crippen molar-refractivity contribution < 1.29 is 14.6 Å². The molecule has 1 unspecified atom stereocenters. The number of hydrogen-bond acceptors (Lipinski definition) is 4. The summed E-state index contributed by atoms with van der Waals surface area (Å²) in [7, 11) is 0. The predicted octanol–water partition coefficient (Wildman–Crippen LogP) is 3.62. The Morgan fingerprint density at radius 3 is 2.31 bits per heavy atom. The number of β-amino-alcohol motifs (C(OH)–C–C–N with tert-alkyl or cyclic N) is 1. The van der Waals surface area contributed by atoms with Crippen molar-refractivity contribution in [3.63, 3.8) is 0 Å². The average molecular weight is 395 g/mol. The van der Waals surface area contributed by atoms with E-state index in [1.807, 2.05) is 24.3 Å². The Morgan fingerprint density at radius 1 is 1.10 bits per heavy atom. The zero-order valence-electron chi connectivity index (χ0n) is 17.0. The van der Waals surface area contributed by atoms with Crippen molar-refractivity contribution in [3.05, 3.63) is 59.7 Å². The number of fused-ring (bicyclic) bond motifs is 3. The number of alkyl carbamates (subject to hydrolysis) is 1. The van der Waals surface area contributed by atoms with Crippen LogP contribution in [0.3, 0.4) is 0 Å². The third-order valence-electron chi connectivity index (χ3n) is 6.17. The van der Waals surface area contributed by atoms with E-state index >= 15 is 0 Å². The van der Waals surface area contributed by atoms with E-state index in [4.69, 9.17) is 4.74 Å². The first-order valence-corrected chi connectivity index (χ1v) is 10.6. The molecule has 1 fully saturated rings. The fourth-order valence-corrected chi connectivity index (χ4v) is 4.46. The molecule has 1 amide bonds. The molecule has 29 heavy (non-hydrogen) atoms. The number of rotatable bonds is 6. The monoisotopic (exact) mass is 394 g/mol. The SMILES string of the molecule is CC1CCN(CC(O)CNC(=O)OCC2c3ccccc3-c3ccccc32)CC1. The van der Waals surface area contributed by atoms with Crippen LogP contribution in [0.4, 0.5) is 4.79 Å². The van der Waals surface area contributed by atoms with Gasteiger partial charge in [-0.25, -0.2) is 4.79 Å². The number of amides is 1. The average Bonchev–Trinajstić information content (AvgIpc) is 3.06. The van der Waals surface area contributed by atoms with Crippen molar-refractivity contribution >= 4 is 6.09 Å². The number of nitrogens with one attached hydrogen (secondary N) is 1. The van der Waals surface area contributed by atoms with Gasteiger partial charge in [0, 0.05) is 19.0 Å². The van der Waals surface area contributed by atoms with Gasteiger partial charge in [-0.15, -0.1) is 0 Å². The van der Waals surface area contributed by atoms with Gasteiger partial charge in [-0.05, 0) is 54.1 Å². The number of nitrogens with zero attached hydrogens (tertiary/aromatic N) is 1. The highest BCUT2D eigenvalue weighted by molar-refractivity contribution is 5.79. The molecule has 1 heterocycles. The van der Waals surface area contributed by atoms with Gasteiger partial charge in [-0.1, -0.05) is 55.5 Å². The maximum atomic E-state index is 12.2. The molecule has 1 saturated heterocycles. The van der Waals surface area contributed by atoms with Gasteiger partial charge in [0.2, 0.25) is 0 Å². The molecule has 0 bridgehead atoms. The molecule has 1 atom stereocenters. The number of piperidine rings is 1. The van der Waals surface area contributed by atoms with Crippen LogP contribution in [0.1, 0.15) is 36.8 Å². The number of aliphatic hydroxyl groups excluding tert-OH is 1. The number of hydrogen-bond donors (Lipinski definition) is 2. The number of carbonyl (C=O) groups is 1. The summed E-state index contributed by atoms with van der Waals surface area (Å²) >= 11 is 0. The maximum Gasteiger partial charge on any atom is 0.407 e. The van der Waals surface area contributed by atoms with E-state index in [1.165, 1.54) is 35.1 Å². The minimum atomic E-state index is -0.580. The number of benzene rings is 2. The fraction of sp³-hybridized carbons (Fsp3) is 0.458. The summed E-state index contributed by atoms with van der Waals surface area (Å²) in [5, 5.41) is 13.0. The predicted molar refractivity (Wildman–Crippen MR) is 114 cm³/mol. The van der Waals surface area contributed by atoms with E-state index in [2.05, 4.69) is 41.4 Å². The summed E-state index contributed by atoms with van der Waals surface area (Å²) in [4.78, 5) is 14.5. The summed E-state index contributed by atoms with van der Waals surface area (Å²) < 4.78 is 5.52. The largest absolute Gasteiger partial charge is 0.449 e. The molecule has 5 heteroatoms. The third-order valence-corrected chi connectivity index (χ3v) is 6.17. The second kappa shape index (κ2) is 8.97. The number of carbonyl (C=O) groups excluding carboxylic acids is 1. The Bertz CT molecular complexity index is 800. The van der Waals surface area contributed by atoms with E-state index in [0.717, 1.165) is 19.0 Å². The summed E-state index contributed by atoms with van der Waals surface area (Å²) in [5.41, 5.74) is 4.81. The quantitative estimate of drug-likeness (QED) is 0.786. The van der Waals surface area contributed by atoms with E-state index in [1.54, 1.807) is 0 Å². The fourth-order valence-electron chi connectivity index (χ4n) is 4.46. The maximum absolute atomic E-state index is 12.2. The Balaban J connectivity index is 1.27. The molecule has 2 N–H and O–H groups in total. The molecule has 0 spiro atoms. The number of likely N-dealkylation sites (tertiary alicyclic amines) is 1. The zero-order chi connectivity index (χ0) is 20.2. The van der Waals surface area contributed by atoms with Crippen LogP contribution in [0.2, 0.25) is 0 Å². The zero-order valence-corrected chi connectivity index (χ0v) is 17.0. The first kappa shape index (κ1) is 19.9. The van der Waals surface area contributed by atoms with Crippen LogP contribution >= 0.6 is 0 Å². The molecule has 0 radical (unpaired) electrons. The molecule has 154 valence electrons. The van der Waals surface area contributed by atoms with Crippen LogP contribution in [0.25, 0.3) is 11.1 Å². The van der Waals surface area contributed by atoms with Crippen molar-refractivity contribution in [2.75, 3.05) is 32.8 Å². The van der Waals surface area contributed by atoms with Crippen molar-refractivity contribution in [2.24, 2.45) is 5.92 Å². The van der Waals surface area contributed by atoms with Crippen LogP contribution in [0.5, 0.6) is 0 Å². The minimum Gasteiger partial charge on any atom is -0.449 e. The first-order chi connectivity index (χ1) is 14.1. The smallest absolute Gasteiger partial charge is 0.407 e. The molecular weight excluding hydrogens is 364 g/mol. The minimum absolute atomic E-state index is 0.0495. The van der Waals surface area contributed by atoms with Gasteiger partial charge in [0.1, 0.15) is 6.61 Å². The summed E-state index contributed by atoms with van der Waals surface area (Å²) in [6.45, 7) is 5.40. The lowest BCUT2D eigenvalue weighted by molar-refractivity contribution is 0.0860. The van der Waals surface area contributed by atoms with Crippen molar-refractivity contribution in [2.45, 2.75) is 31.8 Å². The van der Waals surface area contributed by atoms with E-state index in [9.17, 15) is 9.90 Å². The van der Waals surface area contributed by atoms with E-state index < -0.39 is 12.2 Å².